The molecule has 0 unspecified atom stereocenters. The van der Waals surface area contributed by atoms with E-state index in [1.54, 1.807) is 12.1 Å². The van der Waals surface area contributed by atoms with Gasteiger partial charge in [0.1, 0.15) is 6.04 Å². The topological polar surface area (TPSA) is 122 Å². The van der Waals surface area contributed by atoms with Crippen molar-refractivity contribution in [2.45, 2.75) is 56.1 Å². The molecule has 1 saturated heterocycles. The van der Waals surface area contributed by atoms with Crippen LogP contribution < -0.4 is 16.4 Å². The maximum Gasteiger partial charge on any atom is 0.243 e. The highest BCUT2D eigenvalue weighted by atomic mass is 32.2. The zero-order valence-corrected chi connectivity index (χ0v) is 19.5. The molecular formula is C24H30N4O4S. The van der Waals surface area contributed by atoms with Gasteiger partial charge in [-0.2, -0.15) is 4.31 Å². The third kappa shape index (κ3) is 4.95. The molecule has 4 N–H and O–H groups in total. The van der Waals surface area contributed by atoms with Crippen molar-refractivity contribution < 1.29 is 18.0 Å². The molecule has 0 aromatic heterocycles. The summed E-state index contributed by atoms with van der Waals surface area (Å²) in [6.45, 7) is 2.67. The molecule has 2 aromatic rings. The van der Waals surface area contributed by atoms with Crippen LogP contribution in [0.3, 0.4) is 0 Å². The third-order valence-corrected chi connectivity index (χ3v) is 8.30. The van der Waals surface area contributed by atoms with Crippen LogP contribution in [0.25, 0.3) is 0 Å². The van der Waals surface area contributed by atoms with Crippen LogP contribution >= 0.6 is 0 Å². The number of nitrogens with two attached hydrogens (primary N) is 1. The first kappa shape index (κ1) is 23.4. The molecule has 2 atom stereocenters. The minimum Gasteiger partial charge on any atom is -0.353 e. The number of fused-ring (bicyclic) bond motifs is 1. The molecular weight excluding hydrogens is 440 g/mol. The van der Waals surface area contributed by atoms with Crippen molar-refractivity contribution in [3.05, 3.63) is 64.7 Å². The van der Waals surface area contributed by atoms with Crippen LogP contribution in [-0.4, -0.2) is 43.7 Å². The van der Waals surface area contributed by atoms with E-state index >= 15 is 0 Å². The SMILES string of the molecule is Cc1ccc(S(=O)(=O)N2CCNC(=O)[C@H]2CC(=O)N[C@@H]2CCCc3cc(CN)ccc32)cc1. The summed E-state index contributed by atoms with van der Waals surface area (Å²) < 4.78 is 27.7. The summed E-state index contributed by atoms with van der Waals surface area (Å²) in [7, 11) is -3.92. The number of nitrogens with one attached hydrogen (secondary N) is 2. The second-order valence-electron chi connectivity index (χ2n) is 8.69. The van der Waals surface area contributed by atoms with Gasteiger partial charge in [0.15, 0.2) is 0 Å². The van der Waals surface area contributed by atoms with Gasteiger partial charge in [0.05, 0.1) is 17.4 Å². The molecule has 0 radical (unpaired) electrons. The van der Waals surface area contributed by atoms with Crippen molar-refractivity contribution in [3.8, 4) is 0 Å². The van der Waals surface area contributed by atoms with Crippen molar-refractivity contribution in [1.82, 2.24) is 14.9 Å². The van der Waals surface area contributed by atoms with Gasteiger partial charge >= 0.3 is 0 Å². The van der Waals surface area contributed by atoms with Crippen molar-refractivity contribution >= 4 is 21.8 Å². The normalized spacial score (nSPS) is 21.2. The quantitative estimate of drug-likeness (QED) is 0.591. The first-order valence-corrected chi connectivity index (χ1v) is 12.7. The zero-order valence-electron chi connectivity index (χ0n) is 18.7. The third-order valence-electron chi connectivity index (χ3n) is 6.38. The molecule has 1 aliphatic heterocycles. The van der Waals surface area contributed by atoms with Crippen LogP contribution in [0.4, 0.5) is 0 Å². The van der Waals surface area contributed by atoms with Gasteiger partial charge in [-0.1, -0.05) is 35.9 Å². The first-order chi connectivity index (χ1) is 15.8. The predicted molar refractivity (Wildman–Crippen MR) is 125 cm³/mol. The van der Waals surface area contributed by atoms with E-state index in [0.717, 1.165) is 40.3 Å². The summed E-state index contributed by atoms with van der Waals surface area (Å²) in [6, 6.07) is 11.3. The van der Waals surface area contributed by atoms with Gasteiger partial charge in [0.25, 0.3) is 0 Å². The summed E-state index contributed by atoms with van der Waals surface area (Å²) in [4.78, 5) is 25.7. The summed E-state index contributed by atoms with van der Waals surface area (Å²) in [5.74, 6) is -0.800. The molecule has 2 aromatic carbocycles. The molecule has 2 amide bonds. The lowest BCUT2D eigenvalue weighted by Crippen LogP contribution is -2.58. The van der Waals surface area contributed by atoms with E-state index in [0.29, 0.717) is 6.54 Å². The van der Waals surface area contributed by atoms with Crippen LogP contribution in [-0.2, 0) is 32.6 Å². The fourth-order valence-corrected chi connectivity index (χ4v) is 6.18. The van der Waals surface area contributed by atoms with Gasteiger partial charge < -0.3 is 16.4 Å². The van der Waals surface area contributed by atoms with Crippen LogP contribution in [0, 0.1) is 6.92 Å². The molecule has 1 fully saturated rings. The molecule has 9 heteroatoms. The van der Waals surface area contributed by atoms with Crippen molar-refractivity contribution in [3.63, 3.8) is 0 Å². The minimum absolute atomic E-state index is 0.116. The molecule has 1 heterocycles. The highest BCUT2D eigenvalue weighted by Crippen LogP contribution is 2.31. The van der Waals surface area contributed by atoms with E-state index in [4.69, 9.17) is 5.73 Å². The number of hydrogen-bond acceptors (Lipinski definition) is 5. The Labute approximate surface area is 194 Å². The summed E-state index contributed by atoms with van der Waals surface area (Å²) in [6.07, 6.45) is 2.43. The monoisotopic (exact) mass is 470 g/mol. The Morgan fingerprint density at radius 3 is 2.70 bits per heavy atom. The number of sulfonamides is 1. The van der Waals surface area contributed by atoms with Crippen molar-refractivity contribution in [1.29, 1.82) is 0 Å². The van der Waals surface area contributed by atoms with E-state index in [1.165, 1.54) is 17.7 Å². The summed E-state index contributed by atoms with van der Waals surface area (Å²) >= 11 is 0. The highest BCUT2D eigenvalue weighted by molar-refractivity contribution is 7.89. The van der Waals surface area contributed by atoms with E-state index in [9.17, 15) is 18.0 Å². The Bertz CT molecular complexity index is 1150. The van der Waals surface area contributed by atoms with Gasteiger partial charge in [-0.25, -0.2) is 8.42 Å². The standard InChI is InChI=1S/C24H30N4O4S/c1-16-5-8-19(9-6-16)33(31,32)28-12-11-26-24(30)22(28)14-23(29)27-21-4-2-3-18-13-17(15-25)7-10-20(18)21/h5-10,13,21-22H,2-4,11-12,14-15,25H2,1H3,(H,26,30)(H,27,29)/t21-,22-/m1/s1. The average molecular weight is 471 g/mol. The number of rotatable bonds is 6. The van der Waals surface area contributed by atoms with Gasteiger partial charge in [-0.15, -0.1) is 0 Å². The number of amides is 2. The lowest BCUT2D eigenvalue weighted by molar-refractivity contribution is -0.132. The van der Waals surface area contributed by atoms with Crippen molar-refractivity contribution in [2.24, 2.45) is 5.73 Å². The Morgan fingerprint density at radius 1 is 1.21 bits per heavy atom. The minimum atomic E-state index is -3.92. The van der Waals surface area contributed by atoms with Gasteiger partial charge in [-0.05, 0) is 55.0 Å². The average Bonchev–Trinajstić information content (AvgIpc) is 2.80. The van der Waals surface area contributed by atoms with E-state index < -0.39 is 22.0 Å². The molecule has 1 aliphatic carbocycles. The largest absolute Gasteiger partial charge is 0.353 e. The molecule has 0 spiro atoms. The number of nitrogens with zero attached hydrogens (tertiary/aromatic N) is 1. The van der Waals surface area contributed by atoms with Gasteiger partial charge in [0, 0.05) is 19.6 Å². The Hall–Kier alpha value is -2.75. The van der Waals surface area contributed by atoms with E-state index in [-0.39, 0.29) is 36.4 Å². The number of piperazine rings is 1. The summed E-state index contributed by atoms with van der Waals surface area (Å²) in [5, 5.41) is 5.72. The molecule has 176 valence electrons. The lowest BCUT2D eigenvalue weighted by atomic mass is 9.86. The first-order valence-electron chi connectivity index (χ1n) is 11.3. The van der Waals surface area contributed by atoms with Crippen LogP contribution in [0.1, 0.15) is 47.6 Å². The number of carbonyl (C=O) groups is 2. The Morgan fingerprint density at radius 2 is 1.97 bits per heavy atom. The second kappa shape index (κ2) is 9.62. The molecule has 2 aliphatic rings. The van der Waals surface area contributed by atoms with E-state index in [2.05, 4.69) is 16.7 Å². The van der Waals surface area contributed by atoms with E-state index in [1.807, 2.05) is 19.1 Å². The Balaban J connectivity index is 1.51. The number of benzene rings is 2. The molecule has 33 heavy (non-hydrogen) atoms. The number of carbonyl (C=O) groups excluding carboxylic acids is 2. The summed E-state index contributed by atoms with van der Waals surface area (Å²) in [5.41, 5.74) is 9.98. The fraction of sp³-hybridized carbons (Fsp3) is 0.417. The Kier molecular flexibility index (Phi) is 6.83. The van der Waals surface area contributed by atoms with Crippen LogP contribution in [0.5, 0.6) is 0 Å². The molecule has 8 nitrogen and oxygen atoms in total. The van der Waals surface area contributed by atoms with Crippen LogP contribution in [0.15, 0.2) is 47.4 Å². The highest BCUT2D eigenvalue weighted by Gasteiger charge is 2.40. The smallest absolute Gasteiger partial charge is 0.243 e. The van der Waals surface area contributed by atoms with Crippen LogP contribution in [0.2, 0.25) is 0 Å². The molecule has 0 saturated carbocycles. The van der Waals surface area contributed by atoms with Crippen molar-refractivity contribution in [2.75, 3.05) is 13.1 Å². The fourth-order valence-electron chi connectivity index (χ4n) is 4.59. The number of hydrogen-bond donors (Lipinski definition) is 3. The van der Waals surface area contributed by atoms with Gasteiger partial charge in [0.2, 0.25) is 21.8 Å². The predicted octanol–water partition coefficient (Wildman–Crippen LogP) is 1.53. The maximum absolute atomic E-state index is 13.3. The zero-order chi connectivity index (χ0) is 23.6. The van der Waals surface area contributed by atoms with Gasteiger partial charge in [-0.3, -0.25) is 9.59 Å². The second-order valence-corrected chi connectivity index (χ2v) is 10.6. The molecule has 0 bridgehead atoms. The molecule has 4 rings (SSSR count). The lowest BCUT2D eigenvalue weighted by Gasteiger charge is -2.34. The number of aryl methyl sites for hydroxylation is 2. The maximum atomic E-state index is 13.3.